The van der Waals surface area contributed by atoms with Crippen molar-refractivity contribution in [1.29, 1.82) is 0 Å². The van der Waals surface area contributed by atoms with Crippen LogP contribution < -0.4 is 10.7 Å². The Morgan fingerprint density at radius 3 is 2.53 bits per heavy atom. The van der Waals surface area contributed by atoms with Crippen molar-refractivity contribution >= 4 is 34.6 Å². The predicted molar refractivity (Wildman–Crippen MR) is 167 cm³/mol. The normalized spacial score (nSPS) is 40.9. The van der Waals surface area contributed by atoms with Gasteiger partial charge in [0.1, 0.15) is 0 Å². The molecule has 5 heteroatoms. The summed E-state index contributed by atoms with van der Waals surface area (Å²) in [6, 6.07) is 0.511. The highest BCUT2D eigenvalue weighted by Crippen LogP contribution is 2.67. The molecule has 4 saturated carbocycles. The van der Waals surface area contributed by atoms with Gasteiger partial charge in [-0.25, -0.2) is 0 Å². The van der Waals surface area contributed by atoms with E-state index < -0.39 is 0 Å². The van der Waals surface area contributed by atoms with E-state index in [1.807, 2.05) is 0 Å². The van der Waals surface area contributed by atoms with E-state index in [1.165, 1.54) is 82.8 Å². The van der Waals surface area contributed by atoms with Crippen molar-refractivity contribution in [3.05, 3.63) is 11.6 Å². The number of hydrogen-bond acceptors (Lipinski definition) is 2. The summed E-state index contributed by atoms with van der Waals surface area (Å²) in [4.78, 5) is 0. The lowest BCUT2D eigenvalue weighted by molar-refractivity contribution is -0.0213. The number of thiocarbonyl (C=S) groups is 1. The monoisotopic (exact) mass is 559 g/mol. The molecule has 0 bridgehead atoms. The maximum Gasteiger partial charge on any atom is 0.187 e. The fourth-order valence-electron chi connectivity index (χ4n) is 9.91. The van der Waals surface area contributed by atoms with E-state index in [1.54, 1.807) is 5.57 Å². The largest absolute Gasteiger partial charge is 0.359 e. The minimum absolute atomic E-state index is 0.265. The van der Waals surface area contributed by atoms with Crippen LogP contribution in [0, 0.1) is 46.3 Å². The van der Waals surface area contributed by atoms with Gasteiger partial charge in [-0.2, -0.15) is 5.10 Å². The molecule has 0 aromatic carbocycles. The molecular weight excluding hydrogens is 506 g/mol. The fraction of sp³-hybridized carbons (Fsp3) is 0.879. The molecule has 0 unspecified atom stereocenters. The molecule has 0 saturated heterocycles. The van der Waals surface area contributed by atoms with E-state index >= 15 is 0 Å². The number of allylic oxidation sites excluding steroid dienone is 2. The topological polar surface area (TPSA) is 36.4 Å². The third-order valence-electron chi connectivity index (χ3n) is 12.1. The number of halogens is 1. The lowest BCUT2D eigenvalue weighted by atomic mass is 9.46. The van der Waals surface area contributed by atoms with E-state index in [0.29, 0.717) is 28.4 Å². The second kappa shape index (κ2) is 11.7. The molecule has 2 N–H and O–H groups in total. The molecule has 5 aliphatic carbocycles. The molecule has 8 atom stereocenters. The first kappa shape index (κ1) is 28.9. The number of nitrogens with one attached hydrogen (secondary N) is 2. The molecule has 0 heterocycles. The van der Waals surface area contributed by atoms with E-state index in [-0.39, 0.29) is 10.8 Å². The van der Waals surface area contributed by atoms with E-state index in [4.69, 9.17) is 28.9 Å². The van der Waals surface area contributed by atoms with Gasteiger partial charge in [0, 0.05) is 17.3 Å². The molecule has 5 aliphatic rings. The van der Waals surface area contributed by atoms with Gasteiger partial charge in [0.25, 0.3) is 0 Å². The Kier molecular flexibility index (Phi) is 8.91. The second-order valence-corrected chi connectivity index (χ2v) is 15.8. The fourth-order valence-corrected chi connectivity index (χ4v) is 10.4. The lowest BCUT2D eigenvalue weighted by Crippen LogP contribution is -2.54. The van der Waals surface area contributed by atoms with Crippen molar-refractivity contribution in [2.24, 2.45) is 51.4 Å². The number of nitrogens with zero attached hydrogens (tertiary/aromatic N) is 1. The van der Waals surface area contributed by atoms with Crippen LogP contribution in [0.4, 0.5) is 0 Å². The molecule has 0 amide bonds. The van der Waals surface area contributed by atoms with Gasteiger partial charge in [0.2, 0.25) is 0 Å². The van der Waals surface area contributed by atoms with Crippen molar-refractivity contribution in [1.82, 2.24) is 10.7 Å². The molecule has 0 radical (unpaired) electrons. The van der Waals surface area contributed by atoms with Gasteiger partial charge in [-0.05, 0) is 117 Å². The smallest absolute Gasteiger partial charge is 0.187 e. The maximum absolute atomic E-state index is 6.74. The van der Waals surface area contributed by atoms with Crippen LogP contribution in [0.2, 0.25) is 0 Å². The van der Waals surface area contributed by atoms with Crippen molar-refractivity contribution in [3.63, 3.8) is 0 Å². The van der Waals surface area contributed by atoms with Crippen LogP contribution in [0.5, 0.6) is 0 Å². The molecule has 0 spiro atoms. The third-order valence-corrected chi connectivity index (χ3v) is 12.7. The molecule has 0 aromatic heterocycles. The third kappa shape index (κ3) is 5.61. The Morgan fingerprint density at radius 1 is 1.03 bits per heavy atom. The van der Waals surface area contributed by atoms with Gasteiger partial charge in [-0.1, -0.05) is 72.3 Å². The zero-order valence-electron chi connectivity index (χ0n) is 24.8. The van der Waals surface area contributed by atoms with Crippen LogP contribution in [0.15, 0.2) is 16.8 Å². The van der Waals surface area contributed by atoms with Crippen molar-refractivity contribution in [2.45, 2.75) is 136 Å². The van der Waals surface area contributed by atoms with Gasteiger partial charge < -0.3 is 5.32 Å². The number of rotatable bonds is 7. The maximum atomic E-state index is 6.74. The van der Waals surface area contributed by atoms with Crippen LogP contribution in [-0.2, 0) is 0 Å². The molecule has 38 heavy (non-hydrogen) atoms. The number of fused-ring (bicyclic) bond motifs is 5. The van der Waals surface area contributed by atoms with Crippen molar-refractivity contribution in [2.75, 3.05) is 0 Å². The SMILES string of the molecule is CC(C)CCC[C@@H](C)[C@H]1CC[C@H]2[C@@H]3/C(=N/NC(=S)NC4CCCC4)C=C4C[C@@H](Cl)CC[C@]4(C)[C@H]3CC[C@]12C. The average Bonchev–Trinajstić information content (AvgIpc) is 3.50. The summed E-state index contributed by atoms with van der Waals surface area (Å²) in [5.41, 5.74) is 6.86. The van der Waals surface area contributed by atoms with Crippen LogP contribution in [0.25, 0.3) is 0 Å². The van der Waals surface area contributed by atoms with Gasteiger partial charge >= 0.3 is 0 Å². The molecule has 5 rings (SSSR count). The molecule has 0 aromatic rings. The van der Waals surface area contributed by atoms with Gasteiger partial charge in [-0.15, -0.1) is 11.6 Å². The van der Waals surface area contributed by atoms with Gasteiger partial charge in [0.15, 0.2) is 5.11 Å². The Morgan fingerprint density at radius 2 is 1.79 bits per heavy atom. The summed E-state index contributed by atoms with van der Waals surface area (Å²) in [6.07, 6.45) is 20.5. The average molecular weight is 560 g/mol. The first-order valence-corrected chi connectivity index (χ1v) is 17.0. The van der Waals surface area contributed by atoms with E-state index in [0.717, 1.165) is 36.5 Å². The summed E-state index contributed by atoms with van der Waals surface area (Å²) >= 11 is 12.5. The standard InChI is InChI=1S/C33H54ClN3S/c1-21(2)9-8-10-22(3)26-13-14-27-30-28(16-18-33(26,27)5)32(4)17-15-24(34)19-23(32)20-29(30)36-37-31(38)35-25-11-6-7-12-25/h20-22,24-28,30H,6-19H2,1-5H3,(H2,35,37,38)/b36-29+/t22-,24+,26-,27+,28+,30+,32+,33-/m1/s1. The Balaban J connectivity index is 1.40. The van der Waals surface area contributed by atoms with E-state index in [9.17, 15) is 0 Å². The highest BCUT2D eigenvalue weighted by Gasteiger charge is 2.60. The highest BCUT2D eigenvalue weighted by molar-refractivity contribution is 7.80. The van der Waals surface area contributed by atoms with Crippen LogP contribution >= 0.6 is 23.8 Å². The first-order valence-electron chi connectivity index (χ1n) is 16.1. The Labute approximate surface area is 243 Å². The summed E-state index contributed by atoms with van der Waals surface area (Å²) < 4.78 is 0. The highest BCUT2D eigenvalue weighted by atomic mass is 35.5. The summed E-state index contributed by atoms with van der Waals surface area (Å²) in [5, 5.41) is 9.63. The summed E-state index contributed by atoms with van der Waals surface area (Å²) in [5.74, 6) is 4.41. The quantitative estimate of drug-likeness (QED) is 0.185. The predicted octanol–water partition coefficient (Wildman–Crippen LogP) is 9.01. The molecule has 0 aliphatic heterocycles. The minimum atomic E-state index is 0.265. The van der Waals surface area contributed by atoms with Crippen molar-refractivity contribution < 1.29 is 0 Å². The van der Waals surface area contributed by atoms with Crippen LogP contribution in [0.3, 0.4) is 0 Å². The van der Waals surface area contributed by atoms with Gasteiger partial charge in [-0.3, -0.25) is 5.43 Å². The van der Waals surface area contributed by atoms with Crippen molar-refractivity contribution in [3.8, 4) is 0 Å². The number of alkyl halides is 1. The van der Waals surface area contributed by atoms with Crippen LogP contribution in [-0.4, -0.2) is 22.2 Å². The Hall–Kier alpha value is -0.610. The van der Waals surface area contributed by atoms with Gasteiger partial charge in [0.05, 0.1) is 5.71 Å². The minimum Gasteiger partial charge on any atom is -0.359 e. The number of hydrazone groups is 1. The molecule has 3 nitrogen and oxygen atoms in total. The molecule has 4 fully saturated rings. The summed E-state index contributed by atoms with van der Waals surface area (Å²) in [6.45, 7) is 12.5. The molecular formula is C33H54ClN3S. The molecule has 214 valence electrons. The van der Waals surface area contributed by atoms with E-state index in [2.05, 4.69) is 51.4 Å². The zero-order valence-corrected chi connectivity index (χ0v) is 26.4. The van der Waals surface area contributed by atoms with Crippen LogP contribution in [0.1, 0.15) is 125 Å². The lowest BCUT2D eigenvalue weighted by Gasteiger charge is -2.58. The Bertz CT molecular complexity index is 923. The number of hydrogen-bond donors (Lipinski definition) is 2. The second-order valence-electron chi connectivity index (χ2n) is 14.8. The summed E-state index contributed by atoms with van der Waals surface area (Å²) in [7, 11) is 0. The zero-order chi connectivity index (χ0) is 27.1. The first-order chi connectivity index (χ1) is 18.1.